The van der Waals surface area contributed by atoms with Gasteiger partial charge in [-0.25, -0.2) is 0 Å². The Balaban J connectivity index is 2.40. The van der Waals surface area contributed by atoms with Crippen molar-refractivity contribution < 1.29 is 5.11 Å². The standard InChI is InChI=1S/C16H26O/c1-13(11-12-17)7-6-8-14(2)15(3)16-9-4-5-10-16/h8-9,11,15,17H,4-7,10,12H2,1-3H3/b13-11+,14-8?. The Bertz CT molecular complexity index is 320. The van der Waals surface area contributed by atoms with E-state index in [-0.39, 0.29) is 6.61 Å². The SMILES string of the molecule is CC(=CCC/C(C)=C/CO)C(C)C1=CCCC1. The largest absolute Gasteiger partial charge is 0.392 e. The molecule has 96 valence electrons. The van der Waals surface area contributed by atoms with Crippen LogP contribution in [0, 0.1) is 5.92 Å². The van der Waals surface area contributed by atoms with Gasteiger partial charge in [-0.3, -0.25) is 0 Å². The fourth-order valence-corrected chi connectivity index (χ4v) is 2.34. The molecule has 1 nitrogen and oxygen atoms in total. The second kappa shape index (κ2) is 7.50. The van der Waals surface area contributed by atoms with Crippen LogP contribution in [-0.4, -0.2) is 11.7 Å². The fraction of sp³-hybridized carbons (Fsp3) is 0.625. The van der Waals surface area contributed by atoms with E-state index in [0.717, 1.165) is 12.8 Å². The van der Waals surface area contributed by atoms with E-state index >= 15 is 0 Å². The first kappa shape index (κ1) is 14.2. The molecule has 1 aliphatic rings. The Morgan fingerprint density at radius 1 is 1.41 bits per heavy atom. The van der Waals surface area contributed by atoms with Crippen molar-refractivity contribution in [2.75, 3.05) is 6.61 Å². The number of hydrogen-bond donors (Lipinski definition) is 1. The molecule has 0 amide bonds. The van der Waals surface area contributed by atoms with E-state index in [2.05, 4.69) is 32.9 Å². The van der Waals surface area contributed by atoms with Crippen LogP contribution in [0.2, 0.25) is 0 Å². The van der Waals surface area contributed by atoms with Gasteiger partial charge in [-0.05, 0) is 51.9 Å². The maximum atomic E-state index is 8.78. The molecule has 17 heavy (non-hydrogen) atoms. The number of allylic oxidation sites excluding steroid dienone is 5. The van der Waals surface area contributed by atoms with Crippen LogP contribution in [0.25, 0.3) is 0 Å². The van der Waals surface area contributed by atoms with Crippen LogP contribution >= 0.6 is 0 Å². The van der Waals surface area contributed by atoms with Gasteiger partial charge >= 0.3 is 0 Å². The van der Waals surface area contributed by atoms with Crippen molar-refractivity contribution in [3.63, 3.8) is 0 Å². The van der Waals surface area contributed by atoms with Crippen molar-refractivity contribution in [1.82, 2.24) is 0 Å². The summed E-state index contributed by atoms with van der Waals surface area (Å²) in [6, 6.07) is 0. The topological polar surface area (TPSA) is 20.2 Å². The molecular weight excluding hydrogens is 208 g/mol. The molecule has 0 aromatic heterocycles. The highest BCUT2D eigenvalue weighted by atomic mass is 16.2. The van der Waals surface area contributed by atoms with Crippen LogP contribution in [0.3, 0.4) is 0 Å². The minimum Gasteiger partial charge on any atom is -0.392 e. The lowest BCUT2D eigenvalue weighted by Crippen LogP contribution is -1.99. The minimum atomic E-state index is 0.165. The van der Waals surface area contributed by atoms with Crippen LogP contribution in [-0.2, 0) is 0 Å². The van der Waals surface area contributed by atoms with Crippen molar-refractivity contribution in [2.24, 2.45) is 5.92 Å². The summed E-state index contributed by atoms with van der Waals surface area (Å²) in [7, 11) is 0. The van der Waals surface area contributed by atoms with Crippen molar-refractivity contribution in [1.29, 1.82) is 0 Å². The van der Waals surface area contributed by atoms with E-state index in [1.807, 2.05) is 6.08 Å². The molecular formula is C16H26O. The highest BCUT2D eigenvalue weighted by Crippen LogP contribution is 2.29. The third-order valence-corrected chi connectivity index (χ3v) is 3.76. The summed E-state index contributed by atoms with van der Waals surface area (Å²) in [6.45, 7) is 6.81. The molecule has 0 heterocycles. The molecule has 0 spiro atoms. The predicted molar refractivity (Wildman–Crippen MR) is 74.9 cm³/mol. The van der Waals surface area contributed by atoms with Gasteiger partial charge in [0.15, 0.2) is 0 Å². The lowest BCUT2D eigenvalue weighted by atomic mass is 9.92. The Labute approximate surface area is 106 Å². The van der Waals surface area contributed by atoms with Crippen LogP contribution in [0.15, 0.2) is 34.9 Å². The Hall–Kier alpha value is -0.820. The molecule has 0 aromatic rings. The highest BCUT2D eigenvalue weighted by Gasteiger charge is 2.13. The first-order chi connectivity index (χ1) is 8.15. The molecule has 0 aliphatic heterocycles. The van der Waals surface area contributed by atoms with Crippen LogP contribution < -0.4 is 0 Å². The third-order valence-electron chi connectivity index (χ3n) is 3.76. The van der Waals surface area contributed by atoms with Gasteiger partial charge in [-0.1, -0.05) is 41.9 Å². The molecule has 1 aliphatic carbocycles. The average Bonchev–Trinajstić information content (AvgIpc) is 2.81. The molecule has 0 saturated heterocycles. The minimum absolute atomic E-state index is 0.165. The van der Waals surface area contributed by atoms with E-state index in [1.54, 1.807) is 5.57 Å². The molecule has 0 fully saturated rings. The monoisotopic (exact) mass is 234 g/mol. The molecule has 1 N–H and O–H groups in total. The molecule has 0 radical (unpaired) electrons. The smallest absolute Gasteiger partial charge is 0.0614 e. The van der Waals surface area contributed by atoms with Gasteiger partial charge < -0.3 is 5.11 Å². The van der Waals surface area contributed by atoms with E-state index < -0.39 is 0 Å². The van der Waals surface area contributed by atoms with E-state index in [9.17, 15) is 0 Å². The van der Waals surface area contributed by atoms with Gasteiger partial charge in [0.2, 0.25) is 0 Å². The summed E-state index contributed by atoms with van der Waals surface area (Å²) in [5.74, 6) is 0.625. The van der Waals surface area contributed by atoms with Gasteiger partial charge in [-0.15, -0.1) is 0 Å². The lowest BCUT2D eigenvalue weighted by Gasteiger charge is -2.14. The van der Waals surface area contributed by atoms with Crippen LogP contribution in [0.1, 0.15) is 52.9 Å². The quantitative estimate of drug-likeness (QED) is 0.675. The first-order valence-corrected chi connectivity index (χ1v) is 6.77. The van der Waals surface area contributed by atoms with Crippen LogP contribution in [0.4, 0.5) is 0 Å². The molecule has 1 atom stereocenters. The summed E-state index contributed by atoms with van der Waals surface area (Å²) < 4.78 is 0. The lowest BCUT2D eigenvalue weighted by molar-refractivity contribution is 0.341. The van der Waals surface area contributed by atoms with E-state index in [1.165, 1.54) is 30.4 Å². The van der Waals surface area contributed by atoms with Gasteiger partial charge in [0.05, 0.1) is 6.61 Å². The summed E-state index contributed by atoms with van der Waals surface area (Å²) in [5, 5.41) is 8.78. The van der Waals surface area contributed by atoms with Gasteiger partial charge in [-0.2, -0.15) is 0 Å². The van der Waals surface area contributed by atoms with Gasteiger partial charge in [0.1, 0.15) is 0 Å². The number of hydrogen-bond acceptors (Lipinski definition) is 1. The Kier molecular flexibility index (Phi) is 6.28. The maximum absolute atomic E-state index is 8.78. The normalized spacial score (nSPS) is 19.4. The summed E-state index contributed by atoms with van der Waals surface area (Å²) in [5.41, 5.74) is 4.40. The zero-order valence-corrected chi connectivity index (χ0v) is 11.5. The zero-order valence-electron chi connectivity index (χ0n) is 11.5. The molecule has 1 rings (SSSR count). The van der Waals surface area contributed by atoms with Crippen molar-refractivity contribution in [3.8, 4) is 0 Å². The second-order valence-electron chi connectivity index (χ2n) is 5.11. The number of aliphatic hydroxyl groups excluding tert-OH is 1. The molecule has 0 aromatic carbocycles. The predicted octanol–water partition coefficient (Wildman–Crippen LogP) is 4.40. The molecule has 0 bridgehead atoms. The average molecular weight is 234 g/mol. The number of rotatable bonds is 6. The first-order valence-electron chi connectivity index (χ1n) is 6.77. The van der Waals surface area contributed by atoms with Gasteiger partial charge in [0, 0.05) is 0 Å². The molecule has 0 saturated carbocycles. The van der Waals surface area contributed by atoms with E-state index in [4.69, 9.17) is 5.11 Å². The van der Waals surface area contributed by atoms with Crippen LogP contribution in [0.5, 0.6) is 0 Å². The van der Waals surface area contributed by atoms with Crippen molar-refractivity contribution in [2.45, 2.75) is 52.9 Å². The number of aliphatic hydroxyl groups is 1. The maximum Gasteiger partial charge on any atom is 0.0614 e. The fourth-order valence-electron chi connectivity index (χ4n) is 2.34. The summed E-state index contributed by atoms with van der Waals surface area (Å²) in [6.07, 6.45) is 12.7. The summed E-state index contributed by atoms with van der Waals surface area (Å²) >= 11 is 0. The Morgan fingerprint density at radius 2 is 2.18 bits per heavy atom. The van der Waals surface area contributed by atoms with Crippen molar-refractivity contribution in [3.05, 3.63) is 34.9 Å². The Morgan fingerprint density at radius 3 is 2.76 bits per heavy atom. The molecule has 1 unspecified atom stereocenters. The highest BCUT2D eigenvalue weighted by molar-refractivity contribution is 5.21. The third kappa shape index (κ3) is 4.91. The second-order valence-corrected chi connectivity index (χ2v) is 5.11. The van der Waals surface area contributed by atoms with Crippen molar-refractivity contribution >= 4 is 0 Å². The summed E-state index contributed by atoms with van der Waals surface area (Å²) in [4.78, 5) is 0. The van der Waals surface area contributed by atoms with Gasteiger partial charge in [0.25, 0.3) is 0 Å². The van der Waals surface area contributed by atoms with E-state index in [0.29, 0.717) is 5.92 Å². The zero-order chi connectivity index (χ0) is 12.7. The molecule has 1 heteroatoms.